The topological polar surface area (TPSA) is 63.4 Å². The molecule has 6 heteroatoms. The summed E-state index contributed by atoms with van der Waals surface area (Å²) in [6, 6.07) is 0. The van der Waals surface area contributed by atoms with Crippen molar-refractivity contribution in [3.63, 3.8) is 0 Å². The van der Waals surface area contributed by atoms with E-state index in [0.717, 1.165) is 19.3 Å². The Morgan fingerprint density at radius 1 is 1.31 bits per heavy atom. The first-order chi connectivity index (χ1) is 6.02. The molecule has 0 bridgehead atoms. The fourth-order valence-electron chi connectivity index (χ4n) is 1.41. The molecule has 0 aliphatic carbocycles. The predicted octanol–water partition coefficient (Wildman–Crippen LogP) is 0.0882. The van der Waals surface area contributed by atoms with Gasteiger partial charge in [0.2, 0.25) is 10.0 Å². The molecule has 0 unspecified atom stereocenters. The molecule has 1 aliphatic rings. The van der Waals surface area contributed by atoms with Gasteiger partial charge < -0.3 is 5.73 Å². The first-order valence-corrected chi connectivity index (χ1v) is 6.30. The number of hydrogen-bond acceptors (Lipinski definition) is 3. The van der Waals surface area contributed by atoms with Crippen LogP contribution in [0.2, 0.25) is 0 Å². The second kappa shape index (κ2) is 4.34. The van der Waals surface area contributed by atoms with Crippen LogP contribution in [0.25, 0.3) is 0 Å². The zero-order chi connectivity index (χ0) is 9.90. The van der Waals surface area contributed by atoms with Gasteiger partial charge in [-0.1, -0.05) is 18.6 Å². The standard InChI is InChI=1S/C7H14N2O2S2/c8-7(12)6-13(10,11)9-4-2-1-3-5-9/h1-6H2,(H2,8,12). The Bertz CT molecular complexity index is 281. The lowest BCUT2D eigenvalue weighted by molar-refractivity contribution is 0.348. The third-order valence-electron chi connectivity index (χ3n) is 2.03. The normalized spacial score (nSPS) is 20.0. The Morgan fingerprint density at radius 2 is 1.85 bits per heavy atom. The van der Waals surface area contributed by atoms with E-state index in [1.165, 1.54) is 4.31 Å². The molecule has 1 heterocycles. The van der Waals surface area contributed by atoms with Crippen molar-refractivity contribution in [2.75, 3.05) is 18.8 Å². The van der Waals surface area contributed by atoms with Crippen molar-refractivity contribution in [3.8, 4) is 0 Å². The quantitative estimate of drug-likeness (QED) is 0.687. The SMILES string of the molecule is NC(=S)CS(=O)(=O)N1CCCCC1. The lowest BCUT2D eigenvalue weighted by atomic mass is 10.2. The van der Waals surface area contributed by atoms with E-state index >= 15 is 0 Å². The van der Waals surface area contributed by atoms with Gasteiger partial charge in [0.1, 0.15) is 5.75 Å². The summed E-state index contributed by atoms with van der Waals surface area (Å²) in [5.74, 6) is -0.192. The van der Waals surface area contributed by atoms with Crippen molar-refractivity contribution in [2.24, 2.45) is 5.73 Å². The summed E-state index contributed by atoms with van der Waals surface area (Å²) in [6.07, 6.45) is 2.99. The molecular formula is C7H14N2O2S2. The average molecular weight is 222 g/mol. The molecule has 1 fully saturated rings. The van der Waals surface area contributed by atoms with Crippen LogP contribution in [0.3, 0.4) is 0 Å². The first kappa shape index (κ1) is 10.9. The zero-order valence-corrected chi connectivity index (χ0v) is 9.03. The van der Waals surface area contributed by atoms with Crippen LogP contribution in [-0.4, -0.2) is 36.6 Å². The van der Waals surface area contributed by atoms with Crippen LogP contribution in [-0.2, 0) is 10.0 Å². The van der Waals surface area contributed by atoms with Gasteiger partial charge in [0.15, 0.2) is 0 Å². The number of thiocarbonyl (C=S) groups is 1. The van der Waals surface area contributed by atoms with Crippen LogP contribution >= 0.6 is 12.2 Å². The molecule has 0 aromatic heterocycles. The molecule has 2 N–H and O–H groups in total. The second-order valence-electron chi connectivity index (χ2n) is 3.18. The Kier molecular flexibility index (Phi) is 3.63. The number of piperidine rings is 1. The van der Waals surface area contributed by atoms with Crippen molar-refractivity contribution < 1.29 is 8.42 Å². The van der Waals surface area contributed by atoms with Crippen molar-refractivity contribution in [3.05, 3.63) is 0 Å². The summed E-state index contributed by atoms with van der Waals surface area (Å²) < 4.78 is 24.6. The maximum atomic E-state index is 11.6. The van der Waals surface area contributed by atoms with Crippen molar-refractivity contribution >= 4 is 27.2 Å². The molecule has 0 spiro atoms. The molecule has 4 nitrogen and oxygen atoms in total. The average Bonchev–Trinajstić information content (AvgIpc) is 2.04. The van der Waals surface area contributed by atoms with Gasteiger partial charge >= 0.3 is 0 Å². The van der Waals surface area contributed by atoms with Crippen molar-refractivity contribution in [1.29, 1.82) is 0 Å². The highest BCUT2D eigenvalue weighted by Crippen LogP contribution is 2.13. The number of sulfonamides is 1. The number of nitrogens with two attached hydrogens (primary N) is 1. The molecule has 76 valence electrons. The number of hydrogen-bond donors (Lipinski definition) is 1. The van der Waals surface area contributed by atoms with Crippen LogP contribution in [0.4, 0.5) is 0 Å². The highest BCUT2D eigenvalue weighted by molar-refractivity contribution is 7.92. The molecule has 1 rings (SSSR count). The Hall–Kier alpha value is -0.200. The minimum absolute atomic E-state index is 0.0468. The molecule has 1 saturated heterocycles. The van der Waals surface area contributed by atoms with Crippen molar-refractivity contribution in [1.82, 2.24) is 4.31 Å². The van der Waals surface area contributed by atoms with E-state index in [9.17, 15) is 8.42 Å². The fraction of sp³-hybridized carbons (Fsp3) is 0.857. The van der Waals surface area contributed by atoms with E-state index in [-0.39, 0.29) is 10.7 Å². The summed E-state index contributed by atoms with van der Waals surface area (Å²) in [7, 11) is -3.22. The zero-order valence-electron chi connectivity index (χ0n) is 7.40. The maximum Gasteiger partial charge on any atom is 0.220 e. The van der Waals surface area contributed by atoms with Gasteiger partial charge in [-0.3, -0.25) is 0 Å². The van der Waals surface area contributed by atoms with E-state index < -0.39 is 10.0 Å². The monoisotopic (exact) mass is 222 g/mol. The summed E-state index contributed by atoms with van der Waals surface area (Å²) in [6.45, 7) is 1.23. The van der Waals surface area contributed by atoms with Gasteiger partial charge in [-0.25, -0.2) is 12.7 Å². The smallest absolute Gasteiger partial charge is 0.220 e. The second-order valence-corrected chi connectivity index (χ2v) is 5.68. The molecule has 13 heavy (non-hydrogen) atoms. The lowest BCUT2D eigenvalue weighted by Crippen LogP contribution is -2.39. The Balaban J connectivity index is 2.62. The van der Waals surface area contributed by atoms with Crippen LogP contribution in [0.1, 0.15) is 19.3 Å². The van der Waals surface area contributed by atoms with Gasteiger partial charge in [0.05, 0.1) is 4.99 Å². The fourth-order valence-corrected chi connectivity index (χ4v) is 3.22. The molecular weight excluding hydrogens is 208 g/mol. The number of nitrogens with zero attached hydrogens (tertiary/aromatic N) is 1. The molecule has 0 saturated carbocycles. The third kappa shape index (κ3) is 3.21. The van der Waals surface area contributed by atoms with Crippen LogP contribution in [0, 0.1) is 0 Å². The van der Waals surface area contributed by atoms with Gasteiger partial charge in [0.25, 0.3) is 0 Å². The highest BCUT2D eigenvalue weighted by atomic mass is 32.2. The number of rotatable bonds is 3. The van der Waals surface area contributed by atoms with Crippen LogP contribution < -0.4 is 5.73 Å². The van der Waals surface area contributed by atoms with Gasteiger partial charge in [-0.2, -0.15) is 0 Å². The van der Waals surface area contributed by atoms with Gasteiger partial charge in [-0.15, -0.1) is 0 Å². The molecule has 0 aromatic rings. The summed E-state index contributed by atoms with van der Waals surface area (Å²) in [5.41, 5.74) is 5.21. The Labute approximate surface area is 84.1 Å². The summed E-state index contributed by atoms with van der Waals surface area (Å²) >= 11 is 4.58. The predicted molar refractivity (Wildman–Crippen MR) is 56.0 cm³/mol. The van der Waals surface area contributed by atoms with E-state index in [1.807, 2.05) is 0 Å². The third-order valence-corrected chi connectivity index (χ3v) is 4.19. The minimum atomic E-state index is -3.22. The minimum Gasteiger partial charge on any atom is -0.392 e. The largest absolute Gasteiger partial charge is 0.392 e. The van der Waals surface area contributed by atoms with Crippen LogP contribution in [0.15, 0.2) is 0 Å². The summed E-state index contributed by atoms with van der Waals surface area (Å²) in [4.78, 5) is 0.0468. The molecule has 0 amide bonds. The van der Waals surface area contributed by atoms with E-state index in [2.05, 4.69) is 12.2 Å². The van der Waals surface area contributed by atoms with E-state index in [1.54, 1.807) is 0 Å². The molecule has 0 radical (unpaired) electrons. The summed E-state index contributed by atoms with van der Waals surface area (Å²) in [5, 5.41) is 0. The van der Waals surface area contributed by atoms with Crippen molar-refractivity contribution in [2.45, 2.75) is 19.3 Å². The first-order valence-electron chi connectivity index (χ1n) is 4.28. The van der Waals surface area contributed by atoms with Gasteiger partial charge in [0, 0.05) is 13.1 Å². The molecule has 1 aliphatic heterocycles. The molecule has 0 aromatic carbocycles. The highest BCUT2D eigenvalue weighted by Gasteiger charge is 2.24. The molecule has 0 atom stereocenters. The van der Waals surface area contributed by atoms with Crippen LogP contribution in [0.5, 0.6) is 0 Å². The van der Waals surface area contributed by atoms with E-state index in [4.69, 9.17) is 5.73 Å². The van der Waals surface area contributed by atoms with E-state index in [0.29, 0.717) is 13.1 Å². The lowest BCUT2D eigenvalue weighted by Gasteiger charge is -2.25. The Morgan fingerprint density at radius 3 is 2.31 bits per heavy atom. The maximum absolute atomic E-state index is 11.6. The van der Waals surface area contributed by atoms with Gasteiger partial charge in [-0.05, 0) is 12.8 Å².